The molecular formula is C18H18F2N2O3S. The van der Waals surface area contributed by atoms with Gasteiger partial charge in [0.2, 0.25) is 15.9 Å². The van der Waals surface area contributed by atoms with E-state index in [4.69, 9.17) is 0 Å². The number of amides is 1. The number of sulfonamides is 1. The molecule has 1 atom stereocenters. The molecule has 1 amide bonds. The molecule has 0 N–H and O–H groups in total. The third-order valence-corrected chi connectivity index (χ3v) is 6.47. The van der Waals surface area contributed by atoms with E-state index in [2.05, 4.69) is 0 Å². The number of nitrogens with zero attached hydrogens (tertiary/aromatic N) is 2. The molecule has 1 aliphatic heterocycles. The summed E-state index contributed by atoms with van der Waals surface area (Å²) >= 11 is 0. The van der Waals surface area contributed by atoms with E-state index in [1.165, 1.54) is 30.0 Å². The first-order valence-electron chi connectivity index (χ1n) is 8.07. The Morgan fingerprint density at radius 1 is 1.04 bits per heavy atom. The minimum atomic E-state index is -3.94. The molecular weight excluding hydrogens is 362 g/mol. The molecule has 0 bridgehead atoms. The van der Waals surface area contributed by atoms with Crippen LogP contribution >= 0.6 is 0 Å². The second-order valence-corrected chi connectivity index (χ2v) is 8.06. The molecule has 1 unspecified atom stereocenters. The minimum absolute atomic E-state index is 0.0577. The smallest absolute Gasteiger partial charge is 0.245 e. The maximum absolute atomic E-state index is 13.8. The second-order valence-electron chi connectivity index (χ2n) is 6.17. The van der Waals surface area contributed by atoms with Gasteiger partial charge in [0, 0.05) is 18.8 Å². The van der Waals surface area contributed by atoms with Crippen LogP contribution in [0.15, 0.2) is 47.4 Å². The zero-order chi connectivity index (χ0) is 19.1. The highest BCUT2D eigenvalue weighted by atomic mass is 32.2. The van der Waals surface area contributed by atoms with Crippen molar-refractivity contribution >= 4 is 21.6 Å². The Morgan fingerprint density at radius 2 is 1.69 bits per heavy atom. The lowest BCUT2D eigenvalue weighted by atomic mass is 10.1. The van der Waals surface area contributed by atoms with Crippen LogP contribution in [0.4, 0.5) is 14.5 Å². The number of anilines is 1. The van der Waals surface area contributed by atoms with Crippen LogP contribution in [-0.2, 0) is 14.8 Å². The number of benzene rings is 2. The van der Waals surface area contributed by atoms with Crippen LogP contribution in [0.1, 0.15) is 12.5 Å². The van der Waals surface area contributed by atoms with Crippen LogP contribution in [0.5, 0.6) is 0 Å². The lowest BCUT2D eigenvalue weighted by molar-refractivity contribution is -0.123. The summed E-state index contributed by atoms with van der Waals surface area (Å²) in [7, 11) is -3.94. The summed E-state index contributed by atoms with van der Waals surface area (Å²) in [6.45, 7) is 3.27. The van der Waals surface area contributed by atoms with Crippen molar-refractivity contribution < 1.29 is 22.0 Å². The number of hydrogen-bond donors (Lipinski definition) is 0. The fraction of sp³-hybridized carbons (Fsp3) is 0.278. The van der Waals surface area contributed by atoms with E-state index in [1.54, 1.807) is 19.1 Å². The van der Waals surface area contributed by atoms with Crippen LogP contribution in [0.25, 0.3) is 0 Å². The molecule has 138 valence electrons. The maximum atomic E-state index is 13.8. The fourth-order valence-corrected chi connectivity index (χ4v) is 4.51. The molecule has 1 aliphatic rings. The maximum Gasteiger partial charge on any atom is 0.245 e. The van der Waals surface area contributed by atoms with Gasteiger partial charge in [-0.15, -0.1) is 0 Å². The van der Waals surface area contributed by atoms with Crippen LogP contribution in [0.2, 0.25) is 0 Å². The molecule has 5 nitrogen and oxygen atoms in total. The number of aryl methyl sites for hydroxylation is 1. The summed E-state index contributed by atoms with van der Waals surface area (Å²) < 4.78 is 53.5. The van der Waals surface area contributed by atoms with Gasteiger partial charge < -0.3 is 4.90 Å². The zero-order valence-corrected chi connectivity index (χ0v) is 15.1. The first-order valence-corrected chi connectivity index (χ1v) is 9.51. The predicted octanol–water partition coefficient (Wildman–Crippen LogP) is 2.70. The standard InChI is InChI=1S/C18H18F2N2O3S/c1-12-3-6-15(11-17(12)20)21-9-10-22(13(2)18(21)23)26(24,25)16-7-4-14(19)5-8-16/h3-8,11,13H,9-10H2,1-2H3. The number of rotatable bonds is 3. The molecule has 1 saturated heterocycles. The highest BCUT2D eigenvalue weighted by molar-refractivity contribution is 7.89. The lowest BCUT2D eigenvalue weighted by Gasteiger charge is -2.38. The van der Waals surface area contributed by atoms with E-state index in [-0.39, 0.29) is 18.0 Å². The van der Waals surface area contributed by atoms with Crippen molar-refractivity contribution in [1.29, 1.82) is 0 Å². The summed E-state index contributed by atoms with van der Waals surface area (Å²) in [5, 5.41) is 0. The quantitative estimate of drug-likeness (QED) is 0.823. The third kappa shape index (κ3) is 3.22. The lowest BCUT2D eigenvalue weighted by Crippen LogP contribution is -2.57. The van der Waals surface area contributed by atoms with Gasteiger partial charge in [-0.1, -0.05) is 6.07 Å². The molecule has 0 saturated carbocycles. The van der Waals surface area contributed by atoms with Gasteiger partial charge >= 0.3 is 0 Å². The molecule has 8 heteroatoms. The van der Waals surface area contributed by atoms with Crippen LogP contribution in [0.3, 0.4) is 0 Å². The van der Waals surface area contributed by atoms with E-state index in [9.17, 15) is 22.0 Å². The number of piperazine rings is 1. The summed E-state index contributed by atoms with van der Waals surface area (Å²) in [6, 6.07) is 7.98. The number of carbonyl (C=O) groups is 1. The predicted molar refractivity (Wildman–Crippen MR) is 93.2 cm³/mol. The minimum Gasteiger partial charge on any atom is -0.310 e. The summed E-state index contributed by atoms with van der Waals surface area (Å²) in [6.07, 6.45) is 0. The van der Waals surface area contributed by atoms with E-state index in [0.29, 0.717) is 11.3 Å². The Morgan fingerprint density at radius 3 is 2.31 bits per heavy atom. The number of halogens is 2. The first kappa shape index (κ1) is 18.5. The van der Waals surface area contributed by atoms with E-state index < -0.39 is 33.6 Å². The van der Waals surface area contributed by atoms with Gasteiger partial charge in [0.1, 0.15) is 17.7 Å². The van der Waals surface area contributed by atoms with Gasteiger partial charge in [0.15, 0.2) is 0 Å². The van der Waals surface area contributed by atoms with Crippen LogP contribution in [-0.4, -0.2) is 37.8 Å². The molecule has 1 heterocycles. The molecule has 2 aromatic carbocycles. The van der Waals surface area contributed by atoms with Crippen molar-refractivity contribution in [3.05, 3.63) is 59.7 Å². The van der Waals surface area contributed by atoms with Gasteiger partial charge in [0.25, 0.3) is 0 Å². The summed E-state index contributed by atoms with van der Waals surface area (Å²) in [4.78, 5) is 14.0. The molecule has 2 aromatic rings. The Labute approximate surface area is 150 Å². The highest BCUT2D eigenvalue weighted by Crippen LogP contribution is 2.26. The summed E-state index contributed by atoms with van der Waals surface area (Å²) in [5.41, 5.74) is 0.857. The molecule has 0 aromatic heterocycles. The van der Waals surface area contributed by atoms with Crippen LogP contribution < -0.4 is 4.90 Å². The van der Waals surface area contributed by atoms with E-state index >= 15 is 0 Å². The van der Waals surface area contributed by atoms with Gasteiger partial charge in [-0.2, -0.15) is 4.31 Å². The molecule has 3 rings (SSSR count). The molecule has 0 radical (unpaired) electrons. The monoisotopic (exact) mass is 380 g/mol. The zero-order valence-electron chi connectivity index (χ0n) is 14.3. The van der Waals surface area contributed by atoms with Gasteiger partial charge in [0.05, 0.1) is 4.90 Å². The van der Waals surface area contributed by atoms with E-state index in [0.717, 1.165) is 16.4 Å². The van der Waals surface area contributed by atoms with Crippen molar-refractivity contribution in [3.63, 3.8) is 0 Å². The first-order chi connectivity index (χ1) is 12.2. The Bertz CT molecular complexity index is 945. The van der Waals surface area contributed by atoms with Crippen molar-refractivity contribution in [2.24, 2.45) is 0 Å². The molecule has 0 spiro atoms. The Hall–Kier alpha value is -2.32. The summed E-state index contributed by atoms with van der Waals surface area (Å²) in [5.74, 6) is -1.41. The largest absolute Gasteiger partial charge is 0.310 e. The van der Waals surface area contributed by atoms with Crippen molar-refractivity contribution in [2.45, 2.75) is 24.8 Å². The Kier molecular flexibility index (Phi) is 4.81. The highest BCUT2D eigenvalue weighted by Gasteiger charge is 2.39. The third-order valence-electron chi connectivity index (χ3n) is 4.49. The Balaban J connectivity index is 1.87. The number of carbonyl (C=O) groups excluding carboxylic acids is 1. The van der Waals surface area contributed by atoms with Crippen molar-refractivity contribution in [1.82, 2.24) is 4.31 Å². The molecule has 1 fully saturated rings. The van der Waals surface area contributed by atoms with E-state index in [1.807, 2.05) is 0 Å². The van der Waals surface area contributed by atoms with Crippen molar-refractivity contribution in [3.8, 4) is 0 Å². The van der Waals surface area contributed by atoms with Gasteiger partial charge in [-0.3, -0.25) is 4.79 Å². The SMILES string of the molecule is Cc1ccc(N2CCN(S(=O)(=O)c3ccc(F)cc3)C(C)C2=O)cc1F. The average molecular weight is 380 g/mol. The average Bonchev–Trinajstić information content (AvgIpc) is 2.60. The fourth-order valence-electron chi connectivity index (χ4n) is 2.93. The topological polar surface area (TPSA) is 57.7 Å². The van der Waals surface area contributed by atoms with Gasteiger partial charge in [-0.25, -0.2) is 17.2 Å². The molecule has 26 heavy (non-hydrogen) atoms. The number of hydrogen-bond acceptors (Lipinski definition) is 3. The second kappa shape index (κ2) is 6.77. The van der Waals surface area contributed by atoms with Crippen molar-refractivity contribution in [2.75, 3.05) is 18.0 Å². The van der Waals surface area contributed by atoms with Crippen LogP contribution in [0, 0.1) is 18.6 Å². The normalized spacial score (nSPS) is 19.0. The van der Waals surface area contributed by atoms with Gasteiger partial charge in [-0.05, 0) is 55.8 Å². The molecule has 0 aliphatic carbocycles.